The van der Waals surface area contributed by atoms with Gasteiger partial charge in [-0.15, -0.1) is 11.6 Å². The van der Waals surface area contributed by atoms with Crippen LogP contribution in [0.2, 0.25) is 5.02 Å². The van der Waals surface area contributed by atoms with Crippen LogP contribution in [0.5, 0.6) is 0 Å². The molecule has 2 aromatic rings. The smallest absolute Gasteiger partial charge is 0.234 e. The maximum Gasteiger partial charge on any atom is 0.234 e. The Bertz CT molecular complexity index is 765. The molecule has 23 heavy (non-hydrogen) atoms. The lowest BCUT2D eigenvalue weighted by Crippen LogP contribution is -2.32. The average Bonchev–Trinajstić information content (AvgIpc) is 2.56. The van der Waals surface area contributed by atoms with E-state index in [0.29, 0.717) is 10.6 Å². The van der Waals surface area contributed by atoms with Gasteiger partial charge < -0.3 is 5.32 Å². The summed E-state index contributed by atoms with van der Waals surface area (Å²) in [5, 5.41) is 1.99. The molecule has 0 bridgehead atoms. The number of sulfone groups is 1. The Hall–Kier alpha value is -1.63. The van der Waals surface area contributed by atoms with Gasteiger partial charge in [0.2, 0.25) is 5.91 Å². The van der Waals surface area contributed by atoms with Crippen LogP contribution in [0.3, 0.4) is 0 Å². The van der Waals surface area contributed by atoms with Gasteiger partial charge in [0, 0.05) is 24.0 Å². The highest BCUT2D eigenvalue weighted by Gasteiger charge is 2.29. The van der Waals surface area contributed by atoms with Crippen LogP contribution < -0.4 is 5.32 Å². The standard InChI is InChI=1S/C15H14Cl2N2O3S/c16-8-15(20)19-10-14(11-2-1-7-18-9-11)23(21,22)13-5-3-12(17)4-6-13/h1-7,9,14H,8,10H2,(H,19,20)/t14-/m0/s1. The van der Waals surface area contributed by atoms with Gasteiger partial charge in [-0.3, -0.25) is 9.78 Å². The Morgan fingerprint density at radius 3 is 2.48 bits per heavy atom. The van der Waals surface area contributed by atoms with Gasteiger partial charge in [-0.2, -0.15) is 0 Å². The van der Waals surface area contributed by atoms with Crippen molar-refractivity contribution in [2.24, 2.45) is 0 Å². The Morgan fingerprint density at radius 2 is 1.91 bits per heavy atom. The minimum atomic E-state index is -3.73. The van der Waals surface area contributed by atoms with Crippen molar-refractivity contribution in [3.63, 3.8) is 0 Å². The zero-order valence-electron chi connectivity index (χ0n) is 11.9. The first-order chi connectivity index (χ1) is 10.9. The number of alkyl halides is 1. The Balaban J connectivity index is 2.39. The second-order valence-electron chi connectivity index (χ2n) is 4.71. The molecule has 122 valence electrons. The second-order valence-corrected chi connectivity index (χ2v) is 7.55. The molecule has 8 heteroatoms. The minimum Gasteiger partial charge on any atom is -0.353 e. The van der Waals surface area contributed by atoms with E-state index < -0.39 is 21.0 Å². The molecule has 1 atom stereocenters. The van der Waals surface area contributed by atoms with Crippen molar-refractivity contribution in [2.75, 3.05) is 12.4 Å². The highest BCUT2D eigenvalue weighted by atomic mass is 35.5. The van der Waals surface area contributed by atoms with Crippen molar-refractivity contribution in [1.29, 1.82) is 0 Å². The third kappa shape index (κ3) is 4.43. The molecule has 0 spiro atoms. The van der Waals surface area contributed by atoms with E-state index in [0.717, 1.165) is 0 Å². The molecule has 1 N–H and O–H groups in total. The first-order valence-corrected chi connectivity index (χ1v) is 9.13. The molecule has 0 unspecified atom stereocenters. The van der Waals surface area contributed by atoms with Crippen LogP contribution in [0.1, 0.15) is 10.8 Å². The van der Waals surface area contributed by atoms with Crippen molar-refractivity contribution in [2.45, 2.75) is 10.1 Å². The zero-order valence-corrected chi connectivity index (χ0v) is 14.3. The summed E-state index contributed by atoms with van der Waals surface area (Å²) in [4.78, 5) is 15.5. The Labute approximate surface area is 144 Å². The number of amides is 1. The molecule has 0 aliphatic carbocycles. The summed E-state index contributed by atoms with van der Waals surface area (Å²) in [6, 6.07) is 9.17. The molecule has 1 aromatic carbocycles. The lowest BCUT2D eigenvalue weighted by atomic mass is 10.2. The molecule has 0 aliphatic rings. The first-order valence-electron chi connectivity index (χ1n) is 6.67. The van der Waals surface area contributed by atoms with E-state index >= 15 is 0 Å². The summed E-state index contributed by atoms with van der Waals surface area (Å²) in [5.74, 6) is -0.673. The quantitative estimate of drug-likeness (QED) is 0.790. The van der Waals surface area contributed by atoms with E-state index in [-0.39, 0.29) is 17.3 Å². The van der Waals surface area contributed by atoms with Crippen molar-refractivity contribution in [1.82, 2.24) is 10.3 Å². The lowest BCUT2D eigenvalue weighted by molar-refractivity contribution is -0.118. The van der Waals surface area contributed by atoms with Gasteiger partial charge in [0.15, 0.2) is 9.84 Å². The molecule has 0 radical (unpaired) electrons. The number of carbonyl (C=O) groups is 1. The fourth-order valence-electron chi connectivity index (χ4n) is 2.02. The molecule has 2 rings (SSSR count). The van der Waals surface area contributed by atoms with E-state index in [1.54, 1.807) is 18.3 Å². The van der Waals surface area contributed by atoms with E-state index in [4.69, 9.17) is 23.2 Å². The van der Waals surface area contributed by atoms with Crippen molar-refractivity contribution < 1.29 is 13.2 Å². The Kier molecular flexibility index (Phi) is 5.98. The number of rotatable bonds is 6. The monoisotopic (exact) mass is 372 g/mol. The number of halogens is 2. The number of benzene rings is 1. The zero-order chi connectivity index (χ0) is 16.9. The number of nitrogens with one attached hydrogen (secondary N) is 1. The fraction of sp³-hybridized carbons (Fsp3) is 0.200. The van der Waals surface area contributed by atoms with E-state index in [9.17, 15) is 13.2 Å². The maximum atomic E-state index is 12.9. The second kappa shape index (κ2) is 7.77. The third-order valence-electron chi connectivity index (χ3n) is 3.18. The molecule has 0 saturated carbocycles. The highest BCUT2D eigenvalue weighted by molar-refractivity contribution is 7.91. The summed E-state index contributed by atoms with van der Waals surface area (Å²) in [5.41, 5.74) is 0.484. The number of hydrogen-bond acceptors (Lipinski definition) is 4. The molecule has 0 fully saturated rings. The van der Waals surface area contributed by atoms with Crippen molar-refractivity contribution in [3.05, 3.63) is 59.4 Å². The Morgan fingerprint density at radius 1 is 1.22 bits per heavy atom. The summed E-state index contributed by atoms with van der Waals surface area (Å²) in [6.07, 6.45) is 3.01. The molecular formula is C15H14Cl2N2O3S. The van der Waals surface area contributed by atoms with Crippen LogP contribution in [0.4, 0.5) is 0 Å². The average molecular weight is 373 g/mol. The maximum absolute atomic E-state index is 12.9. The normalized spacial score (nSPS) is 12.6. The summed E-state index contributed by atoms with van der Waals surface area (Å²) >= 11 is 11.2. The molecule has 1 heterocycles. The van der Waals surface area contributed by atoms with Gasteiger partial charge in [-0.1, -0.05) is 17.7 Å². The van der Waals surface area contributed by atoms with Crippen molar-refractivity contribution in [3.8, 4) is 0 Å². The van der Waals surface area contributed by atoms with Gasteiger partial charge in [-0.05, 0) is 35.9 Å². The summed E-state index contributed by atoms with van der Waals surface area (Å²) < 4.78 is 25.8. The number of aromatic nitrogens is 1. The van der Waals surface area contributed by atoms with Crippen LogP contribution >= 0.6 is 23.2 Å². The van der Waals surface area contributed by atoms with E-state index in [1.165, 1.54) is 30.5 Å². The molecule has 1 aromatic heterocycles. The molecule has 0 saturated heterocycles. The van der Waals surface area contributed by atoms with E-state index in [1.807, 2.05) is 0 Å². The predicted molar refractivity (Wildman–Crippen MR) is 89.3 cm³/mol. The van der Waals surface area contributed by atoms with Gasteiger partial charge >= 0.3 is 0 Å². The highest BCUT2D eigenvalue weighted by Crippen LogP contribution is 2.28. The fourth-order valence-corrected chi connectivity index (χ4v) is 3.88. The number of pyridine rings is 1. The van der Waals surface area contributed by atoms with Crippen LogP contribution in [-0.4, -0.2) is 31.7 Å². The topological polar surface area (TPSA) is 76.1 Å². The van der Waals surface area contributed by atoms with E-state index in [2.05, 4.69) is 10.3 Å². The molecule has 1 amide bonds. The van der Waals surface area contributed by atoms with Gasteiger partial charge in [-0.25, -0.2) is 8.42 Å². The third-order valence-corrected chi connectivity index (χ3v) is 5.79. The van der Waals surface area contributed by atoms with Crippen LogP contribution in [0, 0.1) is 0 Å². The largest absolute Gasteiger partial charge is 0.353 e. The molecule has 5 nitrogen and oxygen atoms in total. The number of hydrogen-bond donors (Lipinski definition) is 1. The van der Waals surface area contributed by atoms with Crippen LogP contribution in [0.25, 0.3) is 0 Å². The van der Waals surface area contributed by atoms with Gasteiger partial charge in [0.1, 0.15) is 11.1 Å². The summed E-state index contributed by atoms with van der Waals surface area (Å²) in [6.45, 7) is -0.0950. The van der Waals surface area contributed by atoms with Crippen molar-refractivity contribution >= 4 is 38.9 Å². The molecular weight excluding hydrogens is 359 g/mol. The first kappa shape index (κ1) is 17.7. The summed E-state index contributed by atoms with van der Waals surface area (Å²) in [7, 11) is -3.73. The van der Waals surface area contributed by atoms with Gasteiger partial charge in [0.25, 0.3) is 0 Å². The predicted octanol–water partition coefficient (Wildman–Crippen LogP) is 2.61. The SMILES string of the molecule is O=C(CCl)NC[C@@H](c1cccnc1)S(=O)(=O)c1ccc(Cl)cc1. The van der Waals surface area contributed by atoms with Gasteiger partial charge in [0.05, 0.1) is 4.90 Å². The van der Waals surface area contributed by atoms with Crippen LogP contribution in [-0.2, 0) is 14.6 Å². The van der Waals surface area contributed by atoms with Crippen LogP contribution in [0.15, 0.2) is 53.7 Å². The minimum absolute atomic E-state index is 0.0950. The number of carbonyl (C=O) groups excluding carboxylic acids is 1. The molecule has 0 aliphatic heterocycles. The lowest BCUT2D eigenvalue weighted by Gasteiger charge is -2.18. The number of nitrogens with zero attached hydrogens (tertiary/aromatic N) is 1.